The van der Waals surface area contributed by atoms with Crippen LogP contribution in [0.4, 0.5) is 0 Å². The number of aromatic amines is 2. The number of H-pyrrole nitrogens is 2. The Morgan fingerprint density at radius 1 is 0.926 bits per heavy atom. The van der Waals surface area contributed by atoms with Gasteiger partial charge in [-0.3, -0.25) is 9.59 Å². The summed E-state index contributed by atoms with van der Waals surface area (Å²) in [6.07, 6.45) is 1.11. The lowest BCUT2D eigenvalue weighted by molar-refractivity contribution is -0.168. The summed E-state index contributed by atoms with van der Waals surface area (Å²) < 4.78 is 0. The van der Waals surface area contributed by atoms with E-state index < -0.39 is 17.8 Å². The van der Waals surface area contributed by atoms with Crippen LogP contribution >= 0.6 is 0 Å². The minimum atomic E-state index is -0.652. The Morgan fingerprint density at radius 3 is 2.30 bits per heavy atom. The lowest BCUT2D eigenvalue weighted by atomic mass is 10.1. The van der Waals surface area contributed by atoms with E-state index in [0.717, 1.165) is 5.56 Å². The highest BCUT2D eigenvalue weighted by molar-refractivity contribution is 6.20. The monoisotopic (exact) mass is 365 g/mol. The average molecular weight is 365 g/mol. The highest BCUT2D eigenvalue weighted by Crippen LogP contribution is 2.23. The molecule has 4 rings (SSSR count). The van der Waals surface area contributed by atoms with Crippen molar-refractivity contribution >= 4 is 28.8 Å². The third kappa shape index (κ3) is 3.12. The largest absolute Gasteiger partial charge is 0.333 e. The number of benzene rings is 2. The lowest BCUT2D eigenvalue weighted by Crippen LogP contribution is -2.32. The zero-order chi connectivity index (χ0) is 19.0. The fourth-order valence-electron chi connectivity index (χ4n) is 3.07. The van der Waals surface area contributed by atoms with Crippen LogP contribution in [0.5, 0.6) is 0 Å². The second-order valence-electron chi connectivity index (χ2n) is 6.23. The predicted molar refractivity (Wildman–Crippen MR) is 94.9 cm³/mol. The molecule has 0 radical (unpaired) electrons. The van der Waals surface area contributed by atoms with Gasteiger partial charge in [-0.25, -0.2) is 9.59 Å². The Kier molecular flexibility index (Phi) is 4.08. The van der Waals surface area contributed by atoms with Crippen molar-refractivity contribution in [3.05, 3.63) is 69.6 Å². The van der Waals surface area contributed by atoms with Crippen molar-refractivity contribution in [2.24, 2.45) is 0 Å². The average Bonchev–Trinajstić information content (AvgIpc) is 3.14. The molecule has 2 N–H and O–H groups in total. The highest BCUT2D eigenvalue weighted by atomic mass is 16.7. The van der Waals surface area contributed by atoms with Gasteiger partial charge in [0.05, 0.1) is 22.2 Å². The summed E-state index contributed by atoms with van der Waals surface area (Å²) in [5, 5.41) is 0.517. The van der Waals surface area contributed by atoms with E-state index >= 15 is 0 Å². The molecule has 0 bridgehead atoms. The van der Waals surface area contributed by atoms with Gasteiger partial charge in [0.2, 0.25) is 0 Å². The number of aryl methyl sites for hydroxylation is 1. The number of hydrogen-bond acceptors (Lipinski definition) is 5. The molecule has 0 unspecified atom stereocenters. The number of imidazole rings is 1. The zero-order valence-electron chi connectivity index (χ0n) is 14.2. The van der Waals surface area contributed by atoms with Crippen LogP contribution in [0.2, 0.25) is 0 Å². The summed E-state index contributed by atoms with van der Waals surface area (Å²) in [5.74, 6) is -1.92. The van der Waals surface area contributed by atoms with E-state index in [9.17, 15) is 19.2 Å². The number of aromatic nitrogens is 2. The van der Waals surface area contributed by atoms with E-state index in [1.807, 2.05) is 12.1 Å². The predicted octanol–water partition coefficient (Wildman–Crippen LogP) is 1.93. The Bertz CT molecular complexity index is 1090. The van der Waals surface area contributed by atoms with Crippen molar-refractivity contribution in [3.8, 4) is 0 Å². The van der Waals surface area contributed by atoms with Crippen molar-refractivity contribution in [2.75, 3.05) is 0 Å². The summed E-state index contributed by atoms with van der Waals surface area (Å²) in [5.41, 5.74) is 2.55. The number of hydrogen-bond donors (Lipinski definition) is 2. The molecule has 1 aliphatic rings. The van der Waals surface area contributed by atoms with Gasteiger partial charge in [0.15, 0.2) is 0 Å². The Labute approximate surface area is 152 Å². The fraction of sp³-hybridized carbons (Fsp3) is 0.158. The quantitative estimate of drug-likeness (QED) is 0.671. The summed E-state index contributed by atoms with van der Waals surface area (Å²) in [4.78, 5) is 57.9. The van der Waals surface area contributed by atoms with Crippen molar-refractivity contribution in [1.82, 2.24) is 15.0 Å². The van der Waals surface area contributed by atoms with Crippen LogP contribution in [-0.4, -0.2) is 32.8 Å². The molecule has 0 saturated carbocycles. The van der Waals surface area contributed by atoms with E-state index in [0.29, 0.717) is 28.9 Å². The van der Waals surface area contributed by atoms with Gasteiger partial charge in [0.25, 0.3) is 11.8 Å². The number of carbonyl (C=O) groups excluding carboxylic acids is 3. The standard InChI is InChI=1S/C19H15N3O5/c23-16(27-22-17(24)12-5-1-2-6-13(12)18(22)25)7-3-4-11-8-9-14-15(10-11)21-19(26)20-14/h1-2,5-6,8-10H,3-4,7H2,(H2,20,21,26). The molecule has 2 amide bonds. The number of hydroxylamine groups is 2. The number of fused-ring (bicyclic) bond motifs is 2. The molecule has 1 aliphatic heterocycles. The maximum absolute atomic E-state index is 12.2. The van der Waals surface area contributed by atoms with Gasteiger partial charge in [-0.2, -0.15) is 0 Å². The number of amides is 2. The molecule has 1 aromatic heterocycles. The molecular formula is C19H15N3O5. The normalized spacial score (nSPS) is 13.3. The molecule has 8 heteroatoms. The minimum absolute atomic E-state index is 0.0507. The van der Waals surface area contributed by atoms with Gasteiger partial charge in [-0.15, -0.1) is 0 Å². The molecule has 8 nitrogen and oxygen atoms in total. The van der Waals surface area contributed by atoms with Crippen LogP contribution in [0.1, 0.15) is 39.1 Å². The van der Waals surface area contributed by atoms with Crippen LogP contribution in [0.15, 0.2) is 47.3 Å². The first-order valence-corrected chi connectivity index (χ1v) is 8.42. The second kappa shape index (κ2) is 6.56. The maximum Gasteiger partial charge on any atom is 0.333 e. The SMILES string of the molecule is O=C(CCCc1ccc2[nH]c(=O)[nH]c2c1)ON1C(=O)c2ccccc2C1=O. The molecule has 0 atom stereocenters. The van der Waals surface area contributed by atoms with Crippen LogP contribution in [0.3, 0.4) is 0 Å². The van der Waals surface area contributed by atoms with Gasteiger partial charge in [0, 0.05) is 6.42 Å². The summed E-state index contributed by atoms with van der Waals surface area (Å²) in [6, 6.07) is 11.8. The van der Waals surface area contributed by atoms with Gasteiger partial charge in [0.1, 0.15) is 0 Å². The number of nitrogens with one attached hydrogen (secondary N) is 2. The Hall–Kier alpha value is -3.68. The summed E-state index contributed by atoms with van der Waals surface area (Å²) in [6.45, 7) is 0. The maximum atomic E-state index is 12.2. The molecule has 0 aliphatic carbocycles. The molecule has 136 valence electrons. The lowest BCUT2D eigenvalue weighted by Gasteiger charge is -2.12. The third-order valence-corrected chi connectivity index (χ3v) is 4.38. The van der Waals surface area contributed by atoms with Crippen molar-refractivity contribution < 1.29 is 19.2 Å². The number of carbonyl (C=O) groups is 3. The fourth-order valence-corrected chi connectivity index (χ4v) is 3.07. The first-order chi connectivity index (χ1) is 13.0. The van der Waals surface area contributed by atoms with E-state index in [1.165, 1.54) is 12.1 Å². The molecule has 0 saturated heterocycles. The Morgan fingerprint density at radius 2 is 1.59 bits per heavy atom. The van der Waals surface area contributed by atoms with Crippen LogP contribution in [0.25, 0.3) is 11.0 Å². The molecule has 27 heavy (non-hydrogen) atoms. The van der Waals surface area contributed by atoms with E-state index in [1.54, 1.807) is 18.2 Å². The Balaban J connectivity index is 1.34. The minimum Gasteiger partial charge on any atom is -0.330 e. The van der Waals surface area contributed by atoms with Gasteiger partial charge in [-0.1, -0.05) is 23.3 Å². The van der Waals surface area contributed by atoms with Gasteiger partial charge >= 0.3 is 11.7 Å². The highest BCUT2D eigenvalue weighted by Gasteiger charge is 2.38. The van der Waals surface area contributed by atoms with Gasteiger partial charge < -0.3 is 14.8 Å². The van der Waals surface area contributed by atoms with Crippen molar-refractivity contribution in [3.63, 3.8) is 0 Å². The molecule has 2 heterocycles. The molecule has 0 spiro atoms. The number of imide groups is 1. The van der Waals surface area contributed by atoms with Crippen molar-refractivity contribution in [1.29, 1.82) is 0 Å². The first-order valence-electron chi connectivity index (χ1n) is 8.42. The van der Waals surface area contributed by atoms with E-state index in [-0.39, 0.29) is 23.2 Å². The van der Waals surface area contributed by atoms with Crippen LogP contribution in [0, 0.1) is 0 Å². The van der Waals surface area contributed by atoms with E-state index in [4.69, 9.17) is 4.84 Å². The summed E-state index contributed by atoms with van der Waals surface area (Å²) >= 11 is 0. The van der Waals surface area contributed by atoms with Crippen LogP contribution in [-0.2, 0) is 16.1 Å². The molecular weight excluding hydrogens is 350 g/mol. The number of rotatable bonds is 5. The van der Waals surface area contributed by atoms with Crippen molar-refractivity contribution in [2.45, 2.75) is 19.3 Å². The smallest absolute Gasteiger partial charge is 0.330 e. The molecule has 0 fully saturated rings. The molecule has 2 aromatic carbocycles. The molecule has 3 aromatic rings. The number of nitrogens with zero attached hydrogens (tertiary/aromatic N) is 1. The summed E-state index contributed by atoms with van der Waals surface area (Å²) in [7, 11) is 0. The van der Waals surface area contributed by atoms with Crippen LogP contribution < -0.4 is 5.69 Å². The third-order valence-electron chi connectivity index (χ3n) is 4.38. The second-order valence-corrected chi connectivity index (χ2v) is 6.23. The van der Waals surface area contributed by atoms with Gasteiger partial charge in [-0.05, 0) is 42.7 Å². The first kappa shape index (κ1) is 16.8. The van der Waals surface area contributed by atoms with E-state index in [2.05, 4.69) is 9.97 Å². The zero-order valence-corrected chi connectivity index (χ0v) is 14.2. The topological polar surface area (TPSA) is 112 Å².